The van der Waals surface area contributed by atoms with Gasteiger partial charge in [0.25, 0.3) is 0 Å². The number of hydrogen-bond acceptors (Lipinski definition) is 9. The van der Waals surface area contributed by atoms with Crippen LogP contribution >= 0.6 is 0 Å². The summed E-state index contributed by atoms with van der Waals surface area (Å²) in [5.41, 5.74) is 2.55. The van der Waals surface area contributed by atoms with Gasteiger partial charge in [0.05, 0.1) is 19.0 Å². The van der Waals surface area contributed by atoms with E-state index in [1.165, 1.54) is 6.33 Å². The quantitative estimate of drug-likeness (QED) is 0.550. The molecule has 0 amide bonds. The molecule has 10 nitrogen and oxygen atoms in total. The number of hydrogen-bond donors (Lipinski definition) is 2. The second-order valence-electron chi connectivity index (χ2n) is 7.73. The van der Waals surface area contributed by atoms with Crippen LogP contribution in [0.15, 0.2) is 37.2 Å². The highest BCUT2D eigenvalue weighted by Crippen LogP contribution is 2.26. The van der Waals surface area contributed by atoms with Crippen molar-refractivity contribution >= 4 is 17.0 Å². The minimum absolute atomic E-state index is 0.0427. The summed E-state index contributed by atoms with van der Waals surface area (Å²) in [4.78, 5) is 21.9. The Balaban J connectivity index is 1.54. The molecule has 2 N–H and O–H groups in total. The van der Waals surface area contributed by atoms with E-state index in [0.717, 1.165) is 25.2 Å². The van der Waals surface area contributed by atoms with Crippen molar-refractivity contribution in [3.05, 3.63) is 42.7 Å². The minimum atomic E-state index is -0.304. The molecular formula is C20H28N8O2. The summed E-state index contributed by atoms with van der Waals surface area (Å²) < 4.78 is 8.06. The maximum Gasteiger partial charge on any atom is 0.167 e. The molecule has 0 saturated carbocycles. The molecule has 1 fully saturated rings. The number of ether oxygens (including phenoxy) is 1. The maximum atomic E-state index is 9.76. The fraction of sp³-hybridized carbons (Fsp3) is 0.500. The first-order valence-corrected chi connectivity index (χ1v) is 10.1. The van der Waals surface area contributed by atoms with Gasteiger partial charge in [-0.25, -0.2) is 15.0 Å². The topological polar surface area (TPSA) is 104 Å². The normalized spacial score (nSPS) is 20.1. The van der Waals surface area contributed by atoms with Crippen molar-refractivity contribution in [2.45, 2.75) is 18.9 Å². The number of nitrogens with zero attached hydrogens (tertiary/aromatic N) is 7. The fourth-order valence-electron chi connectivity index (χ4n) is 3.61. The Kier molecular flexibility index (Phi) is 6.48. The average molecular weight is 412 g/mol. The van der Waals surface area contributed by atoms with Crippen LogP contribution in [0.1, 0.15) is 11.8 Å². The number of nitrogens with one attached hydrogen (secondary N) is 1. The smallest absolute Gasteiger partial charge is 0.167 e. The molecule has 30 heavy (non-hydrogen) atoms. The number of fused-ring (bicyclic) bond motifs is 1. The highest BCUT2D eigenvalue weighted by Gasteiger charge is 2.30. The first-order chi connectivity index (χ1) is 14.6. The van der Waals surface area contributed by atoms with Gasteiger partial charge in [-0.1, -0.05) is 6.07 Å². The predicted molar refractivity (Wildman–Crippen MR) is 113 cm³/mol. The maximum absolute atomic E-state index is 9.76. The van der Waals surface area contributed by atoms with Gasteiger partial charge in [0.1, 0.15) is 12.6 Å². The van der Waals surface area contributed by atoms with Crippen LogP contribution in [0.5, 0.6) is 0 Å². The van der Waals surface area contributed by atoms with Crippen molar-refractivity contribution in [2.75, 3.05) is 52.2 Å². The van der Waals surface area contributed by atoms with E-state index >= 15 is 0 Å². The molecule has 1 aliphatic rings. The van der Waals surface area contributed by atoms with Gasteiger partial charge in [-0.2, -0.15) is 0 Å². The molecule has 0 aliphatic carbocycles. The molecule has 3 aromatic heterocycles. The van der Waals surface area contributed by atoms with Crippen LogP contribution in [0.25, 0.3) is 11.2 Å². The number of anilines is 1. The zero-order chi connectivity index (χ0) is 20.9. The molecule has 0 bridgehead atoms. The Labute approximate surface area is 175 Å². The van der Waals surface area contributed by atoms with Crippen molar-refractivity contribution in [3.63, 3.8) is 0 Å². The van der Waals surface area contributed by atoms with Gasteiger partial charge in [0.15, 0.2) is 17.0 Å². The zero-order valence-corrected chi connectivity index (χ0v) is 17.3. The number of likely N-dealkylation sites (N-methyl/N-ethyl adjacent to an activating group) is 1. The highest BCUT2D eigenvalue weighted by atomic mass is 16.5. The molecule has 3 aromatic rings. The number of aliphatic hydroxyl groups excluding tert-OH is 1. The summed E-state index contributed by atoms with van der Waals surface area (Å²) >= 11 is 0. The van der Waals surface area contributed by atoms with E-state index in [1.807, 2.05) is 30.9 Å². The molecule has 1 saturated heterocycles. The number of pyridine rings is 1. The lowest BCUT2D eigenvalue weighted by Gasteiger charge is -2.37. The third kappa shape index (κ3) is 4.73. The van der Waals surface area contributed by atoms with E-state index in [9.17, 15) is 5.11 Å². The van der Waals surface area contributed by atoms with Crippen LogP contribution in [-0.4, -0.2) is 92.4 Å². The van der Waals surface area contributed by atoms with Crippen LogP contribution in [-0.2, 0) is 11.3 Å². The Hall–Kier alpha value is -2.66. The van der Waals surface area contributed by atoms with Crippen molar-refractivity contribution in [1.29, 1.82) is 0 Å². The Morgan fingerprint density at radius 3 is 2.93 bits per heavy atom. The molecular weight excluding hydrogens is 384 g/mol. The van der Waals surface area contributed by atoms with Gasteiger partial charge in [-0.05, 0) is 25.7 Å². The van der Waals surface area contributed by atoms with Crippen molar-refractivity contribution < 1.29 is 9.84 Å². The van der Waals surface area contributed by atoms with Crippen molar-refractivity contribution in [2.24, 2.45) is 0 Å². The molecule has 0 spiro atoms. The first kappa shape index (κ1) is 20.6. The van der Waals surface area contributed by atoms with Crippen LogP contribution in [0.4, 0.5) is 5.82 Å². The standard InChI is InChI=1S/C20H28N8O2/c1-26(2)7-6-22-19-18-20(24-13-23-19)28(14-25-18)17-11-27(10-16(12-29)30-17)9-15-4-3-5-21-8-15/h3-5,8,13-14,16-17,29H,6-7,9-12H2,1-2H3,(H,22,23,24)/t16-,17+/m0/s1. The molecule has 0 radical (unpaired) electrons. The van der Waals surface area contributed by atoms with Crippen molar-refractivity contribution in [1.82, 2.24) is 34.3 Å². The van der Waals surface area contributed by atoms with Crippen molar-refractivity contribution in [3.8, 4) is 0 Å². The summed E-state index contributed by atoms with van der Waals surface area (Å²) in [6.07, 6.45) is 6.33. The lowest BCUT2D eigenvalue weighted by Crippen LogP contribution is -2.46. The number of imidazole rings is 1. The molecule has 10 heteroatoms. The molecule has 2 atom stereocenters. The molecule has 0 unspecified atom stereocenters. The molecule has 1 aliphatic heterocycles. The van der Waals surface area contributed by atoms with Crippen LogP contribution in [0.2, 0.25) is 0 Å². The summed E-state index contributed by atoms with van der Waals surface area (Å²) in [5, 5.41) is 13.1. The lowest BCUT2D eigenvalue weighted by molar-refractivity contribution is -0.135. The first-order valence-electron chi connectivity index (χ1n) is 10.1. The summed E-state index contributed by atoms with van der Waals surface area (Å²) in [5.74, 6) is 0.710. The second-order valence-corrected chi connectivity index (χ2v) is 7.73. The minimum Gasteiger partial charge on any atom is -0.394 e. The van der Waals surface area contributed by atoms with Crippen LogP contribution in [0, 0.1) is 0 Å². The molecule has 0 aromatic carbocycles. The number of aliphatic hydroxyl groups is 1. The number of morpholine rings is 1. The van der Waals surface area contributed by atoms with E-state index in [2.05, 4.69) is 41.1 Å². The van der Waals surface area contributed by atoms with Crippen LogP contribution < -0.4 is 5.32 Å². The van der Waals surface area contributed by atoms with E-state index < -0.39 is 0 Å². The lowest BCUT2D eigenvalue weighted by atomic mass is 10.2. The third-order valence-corrected chi connectivity index (χ3v) is 5.08. The van der Waals surface area contributed by atoms with Gasteiger partial charge in [0.2, 0.25) is 0 Å². The summed E-state index contributed by atoms with van der Waals surface area (Å²) in [6.45, 7) is 3.66. The summed E-state index contributed by atoms with van der Waals surface area (Å²) in [6, 6.07) is 3.98. The molecule has 4 rings (SSSR count). The Morgan fingerprint density at radius 2 is 2.17 bits per heavy atom. The van der Waals surface area contributed by atoms with E-state index in [0.29, 0.717) is 30.1 Å². The largest absolute Gasteiger partial charge is 0.394 e. The fourth-order valence-corrected chi connectivity index (χ4v) is 3.61. The van der Waals surface area contributed by atoms with Gasteiger partial charge in [-0.15, -0.1) is 0 Å². The molecule has 4 heterocycles. The predicted octanol–water partition coefficient (Wildman–Crippen LogP) is 0.587. The Morgan fingerprint density at radius 1 is 1.27 bits per heavy atom. The monoisotopic (exact) mass is 412 g/mol. The van der Waals surface area contributed by atoms with E-state index in [4.69, 9.17) is 4.74 Å². The van der Waals surface area contributed by atoms with E-state index in [1.54, 1.807) is 12.5 Å². The number of rotatable bonds is 8. The van der Waals surface area contributed by atoms with Crippen LogP contribution in [0.3, 0.4) is 0 Å². The van der Waals surface area contributed by atoms with E-state index in [-0.39, 0.29) is 18.9 Å². The second kappa shape index (κ2) is 9.43. The zero-order valence-electron chi connectivity index (χ0n) is 17.3. The number of aromatic nitrogens is 5. The van der Waals surface area contributed by atoms with Gasteiger partial charge < -0.3 is 20.1 Å². The third-order valence-electron chi connectivity index (χ3n) is 5.08. The van der Waals surface area contributed by atoms with Gasteiger partial charge in [0, 0.05) is 45.1 Å². The highest BCUT2D eigenvalue weighted by molar-refractivity contribution is 5.82. The molecule has 160 valence electrons. The summed E-state index contributed by atoms with van der Waals surface area (Å²) in [7, 11) is 4.06. The Bertz CT molecular complexity index is 948. The average Bonchev–Trinajstić information content (AvgIpc) is 3.19. The SMILES string of the molecule is CN(C)CCNc1ncnc2c1ncn2[C@H]1CN(Cc2cccnc2)C[C@@H](CO)O1. The van der Waals surface area contributed by atoms with Gasteiger partial charge >= 0.3 is 0 Å². The van der Waals surface area contributed by atoms with Gasteiger partial charge in [-0.3, -0.25) is 14.5 Å².